The third-order valence-corrected chi connectivity index (χ3v) is 5.03. The van der Waals surface area contributed by atoms with E-state index in [-0.39, 0.29) is 12.5 Å². The summed E-state index contributed by atoms with van der Waals surface area (Å²) < 4.78 is 16.0. The molecule has 0 saturated carbocycles. The number of nitrogens with zero attached hydrogens (tertiary/aromatic N) is 3. The number of nitrogens with one attached hydrogen (secondary N) is 2. The predicted octanol–water partition coefficient (Wildman–Crippen LogP) is 3.39. The van der Waals surface area contributed by atoms with Gasteiger partial charge in [-0.15, -0.1) is 0 Å². The van der Waals surface area contributed by atoms with Crippen LogP contribution in [0.5, 0.6) is 11.5 Å². The molecule has 1 saturated heterocycles. The lowest BCUT2D eigenvalue weighted by Gasteiger charge is -2.28. The molecule has 1 aliphatic heterocycles. The van der Waals surface area contributed by atoms with E-state index in [4.69, 9.17) is 14.2 Å². The minimum Gasteiger partial charge on any atom is -0.497 e. The second-order valence-electron chi connectivity index (χ2n) is 7.47. The molecule has 0 aliphatic carbocycles. The van der Waals surface area contributed by atoms with Gasteiger partial charge in [-0.1, -0.05) is 0 Å². The van der Waals surface area contributed by atoms with Crippen LogP contribution in [0.15, 0.2) is 54.6 Å². The van der Waals surface area contributed by atoms with Crippen LogP contribution in [0.4, 0.5) is 23.0 Å². The summed E-state index contributed by atoms with van der Waals surface area (Å²) in [4.78, 5) is 23.4. The first-order valence-corrected chi connectivity index (χ1v) is 10.7. The van der Waals surface area contributed by atoms with Crippen molar-refractivity contribution in [1.29, 1.82) is 0 Å². The normalized spacial score (nSPS) is 13.3. The van der Waals surface area contributed by atoms with Crippen molar-refractivity contribution in [3.63, 3.8) is 0 Å². The van der Waals surface area contributed by atoms with Crippen LogP contribution in [-0.4, -0.2) is 55.9 Å². The van der Waals surface area contributed by atoms with Crippen molar-refractivity contribution in [1.82, 2.24) is 9.97 Å². The monoisotopic (exact) mass is 449 g/mol. The van der Waals surface area contributed by atoms with E-state index in [0.29, 0.717) is 36.3 Å². The van der Waals surface area contributed by atoms with Crippen molar-refractivity contribution in [3.8, 4) is 11.5 Å². The summed E-state index contributed by atoms with van der Waals surface area (Å²) in [5, 5.41) is 6.13. The maximum Gasteiger partial charge on any atom is 0.262 e. The van der Waals surface area contributed by atoms with E-state index >= 15 is 0 Å². The lowest BCUT2D eigenvalue weighted by atomic mass is 10.2. The Hall–Kier alpha value is -3.85. The molecule has 3 aromatic rings. The Kier molecular flexibility index (Phi) is 7.21. The van der Waals surface area contributed by atoms with Crippen molar-refractivity contribution in [2.75, 3.05) is 55.6 Å². The predicted molar refractivity (Wildman–Crippen MR) is 127 cm³/mol. The molecule has 9 nitrogen and oxygen atoms in total. The molecule has 2 heterocycles. The zero-order chi connectivity index (χ0) is 23.0. The fourth-order valence-corrected chi connectivity index (χ4v) is 3.37. The highest BCUT2D eigenvalue weighted by atomic mass is 16.5. The number of rotatable bonds is 8. The van der Waals surface area contributed by atoms with E-state index in [0.717, 1.165) is 30.3 Å². The van der Waals surface area contributed by atoms with Crippen LogP contribution in [0, 0.1) is 6.92 Å². The summed E-state index contributed by atoms with van der Waals surface area (Å²) in [7, 11) is 1.60. The smallest absolute Gasteiger partial charge is 0.262 e. The molecule has 2 aromatic carbocycles. The third-order valence-electron chi connectivity index (χ3n) is 5.03. The van der Waals surface area contributed by atoms with Crippen LogP contribution in [0.1, 0.15) is 5.82 Å². The van der Waals surface area contributed by atoms with E-state index in [1.54, 1.807) is 31.4 Å². The molecule has 1 amide bonds. The SMILES string of the molecule is COc1ccc(OCC(=O)Nc2ccc(Nc3cc(N4CCOCC4)nc(C)n3)cc2)cc1. The molecular weight excluding hydrogens is 422 g/mol. The van der Waals surface area contributed by atoms with Crippen LogP contribution in [0.2, 0.25) is 0 Å². The minimum absolute atomic E-state index is 0.0864. The van der Waals surface area contributed by atoms with Gasteiger partial charge in [-0.2, -0.15) is 0 Å². The second kappa shape index (κ2) is 10.6. The van der Waals surface area contributed by atoms with Crippen molar-refractivity contribution in [2.45, 2.75) is 6.92 Å². The fourth-order valence-electron chi connectivity index (χ4n) is 3.37. The quantitative estimate of drug-likeness (QED) is 0.540. The van der Waals surface area contributed by atoms with E-state index in [1.165, 1.54) is 0 Å². The number of aromatic nitrogens is 2. The zero-order valence-electron chi connectivity index (χ0n) is 18.7. The Morgan fingerprint density at radius 3 is 2.36 bits per heavy atom. The van der Waals surface area contributed by atoms with Crippen LogP contribution in [0.25, 0.3) is 0 Å². The highest BCUT2D eigenvalue weighted by Crippen LogP contribution is 2.22. The van der Waals surface area contributed by atoms with Gasteiger partial charge in [-0.05, 0) is 55.5 Å². The summed E-state index contributed by atoms with van der Waals surface area (Å²) >= 11 is 0. The summed E-state index contributed by atoms with van der Waals surface area (Å²) in [6.45, 7) is 4.81. The fraction of sp³-hybridized carbons (Fsp3) is 0.292. The lowest BCUT2D eigenvalue weighted by Crippen LogP contribution is -2.36. The summed E-state index contributed by atoms with van der Waals surface area (Å²) in [5.41, 5.74) is 1.53. The first-order valence-electron chi connectivity index (χ1n) is 10.7. The number of hydrogen-bond donors (Lipinski definition) is 2. The number of ether oxygens (including phenoxy) is 3. The summed E-state index contributed by atoms with van der Waals surface area (Å²) in [6, 6.07) is 16.4. The number of carbonyl (C=O) groups is 1. The number of benzene rings is 2. The van der Waals surface area contributed by atoms with Gasteiger partial charge < -0.3 is 29.7 Å². The molecule has 1 fully saturated rings. The molecule has 0 spiro atoms. The number of hydrogen-bond acceptors (Lipinski definition) is 8. The van der Waals surface area contributed by atoms with Gasteiger partial charge in [0.2, 0.25) is 0 Å². The van der Waals surface area contributed by atoms with Gasteiger partial charge in [-0.3, -0.25) is 4.79 Å². The molecule has 33 heavy (non-hydrogen) atoms. The highest BCUT2D eigenvalue weighted by Gasteiger charge is 2.14. The number of morpholine rings is 1. The average molecular weight is 450 g/mol. The molecule has 0 radical (unpaired) electrons. The molecule has 1 aliphatic rings. The van der Waals surface area contributed by atoms with E-state index in [9.17, 15) is 4.79 Å². The number of anilines is 4. The molecule has 0 atom stereocenters. The first-order chi connectivity index (χ1) is 16.1. The summed E-state index contributed by atoms with van der Waals surface area (Å²) in [5.74, 6) is 3.38. The first kappa shape index (κ1) is 22.3. The van der Waals surface area contributed by atoms with Crippen molar-refractivity contribution in [3.05, 3.63) is 60.4 Å². The van der Waals surface area contributed by atoms with Gasteiger partial charge >= 0.3 is 0 Å². The van der Waals surface area contributed by atoms with Gasteiger partial charge in [0.15, 0.2) is 6.61 Å². The molecule has 1 aromatic heterocycles. The van der Waals surface area contributed by atoms with Gasteiger partial charge in [0.25, 0.3) is 5.91 Å². The molecular formula is C24H27N5O4. The largest absolute Gasteiger partial charge is 0.497 e. The van der Waals surface area contributed by atoms with E-state index in [1.807, 2.05) is 37.3 Å². The van der Waals surface area contributed by atoms with Crippen molar-refractivity contribution < 1.29 is 19.0 Å². The Bertz CT molecular complexity index is 1070. The standard InChI is InChI=1S/C24H27N5O4/c1-17-25-22(15-23(26-17)29-11-13-32-14-12-29)27-18-3-5-19(6-4-18)28-24(30)16-33-21-9-7-20(31-2)8-10-21/h3-10,15H,11-14,16H2,1-2H3,(H,28,30)(H,25,26,27). The maximum atomic E-state index is 12.2. The molecule has 4 rings (SSSR count). The Morgan fingerprint density at radius 1 is 1.00 bits per heavy atom. The van der Waals surface area contributed by atoms with Crippen molar-refractivity contribution in [2.24, 2.45) is 0 Å². The summed E-state index contributed by atoms with van der Waals surface area (Å²) in [6.07, 6.45) is 0. The van der Waals surface area contributed by atoms with Gasteiger partial charge in [0.05, 0.1) is 20.3 Å². The number of carbonyl (C=O) groups excluding carboxylic acids is 1. The molecule has 0 unspecified atom stereocenters. The zero-order valence-corrected chi connectivity index (χ0v) is 18.7. The van der Waals surface area contributed by atoms with E-state index < -0.39 is 0 Å². The highest BCUT2D eigenvalue weighted by molar-refractivity contribution is 5.92. The van der Waals surface area contributed by atoms with Crippen LogP contribution >= 0.6 is 0 Å². The van der Waals surface area contributed by atoms with Crippen LogP contribution in [0.3, 0.4) is 0 Å². The van der Waals surface area contributed by atoms with Gasteiger partial charge in [0, 0.05) is 30.5 Å². The average Bonchev–Trinajstić information content (AvgIpc) is 2.84. The number of aryl methyl sites for hydroxylation is 1. The van der Waals surface area contributed by atoms with Gasteiger partial charge in [0.1, 0.15) is 29.0 Å². The molecule has 172 valence electrons. The number of methoxy groups -OCH3 is 1. The van der Waals surface area contributed by atoms with E-state index in [2.05, 4.69) is 25.5 Å². The number of amides is 1. The molecule has 9 heteroatoms. The minimum atomic E-state index is -0.242. The molecule has 2 N–H and O–H groups in total. The second-order valence-corrected chi connectivity index (χ2v) is 7.47. The topological polar surface area (TPSA) is 97.8 Å². The Balaban J connectivity index is 1.31. The third kappa shape index (κ3) is 6.33. The maximum absolute atomic E-state index is 12.2. The Morgan fingerprint density at radius 2 is 1.67 bits per heavy atom. The molecule has 0 bridgehead atoms. The van der Waals surface area contributed by atoms with Gasteiger partial charge in [-0.25, -0.2) is 9.97 Å². The Labute approximate surface area is 192 Å². The van der Waals surface area contributed by atoms with Crippen LogP contribution < -0.4 is 25.0 Å². The van der Waals surface area contributed by atoms with Crippen molar-refractivity contribution >= 4 is 28.9 Å². The lowest BCUT2D eigenvalue weighted by molar-refractivity contribution is -0.118. The van der Waals surface area contributed by atoms with Crippen LogP contribution in [-0.2, 0) is 9.53 Å².